The van der Waals surface area contributed by atoms with Gasteiger partial charge in [-0.05, 0) is 60.7 Å². The van der Waals surface area contributed by atoms with Gasteiger partial charge in [0.2, 0.25) is 5.91 Å². The van der Waals surface area contributed by atoms with Crippen LogP contribution >= 0.6 is 0 Å². The lowest BCUT2D eigenvalue weighted by molar-refractivity contribution is -0.384. The minimum Gasteiger partial charge on any atom is -0.497 e. The molecule has 0 spiro atoms. The maximum absolute atomic E-state index is 13.7. The summed E-state index contributed by atoms with van der Waals surface area (Å²) in [6.45, 7) is 0.830. The predicted molar refractivity (Wildman–Crippen MR) is 148 cm³/mol. The van der Waals surface area contributed by atoms with Crippen molar-refractivity contribution in [2.24, 2.45) is 0 Å². The zero-order chi connectivity index (χ0) is 27.4. The van der Waals surface area contributed by atoms with Gasteiger partial charge in [-0.25, -0.2) is 0 Å². The first-order chi connectivity index (χ1) is 18.9. The van der Waals surface area contributed by atoms with Crippen molar-refractivity contribution in [1.82, 2.24) is 14.8 Å². The monoisotopic (exact) mass is 526 g/mol. The third-order valence-electron chi connectivity index (χ3n) is 7.09. The molecule has 9 nitrogen and oxygen atoms in total. The average molecular weight is 527 g/mol. The van der Waals surface area contributed by atoms with Crippen LogP contribution in [0.5, 0.6) is 5.75 Å². The number of H-pyrrole nitrogens is 1. The Morgan fingerprint density at radius 3 is 2.41 bits per heavy atom. The molecule has 0 unspecified atom stereocenters. The number of non-ortho nitro benzene ring substituents is 1. The predicted octanol–water partition coefficient (Wildman–Crippen LogP) is 4.96. The Kier molecular flexibility index (Phi) is 7.58. The maximum atomic E-state index is 13.7. The third kappa shape index (κ3) is 6.09. The molecule has 1 N–H and O–H groups in total. The highest BCUT2D eigenvalue weighted by molar-refractivity contribution is 5.97. The van der Waals surface area contributed by atoms with Gasteiger partial charge in [0.05, 0.1) is 12.0 Å². The number of rotatable bonds is 11. The van der Waals surface area contributed by atoms with E-state index in [-0.39, 0.29) is 30.1 Å². The molecule has 0 atom stereocenters. The quantitative estimate of drug-likeness (QED) is 0.219. The summed E-state index contributed by atoms with van der Waals surface area (Å²) in [5.41, 5.74) is 3.39. The SMILES string of the molecule is COc1ccc(CN(CCc2c[nH]c3ccccc23)C(=O)CN(C(=O)c2ccc([N+](=O)[O-])cc2)C2CC2)cc1. The van der Waals surface area contributed by atoms with Crippen molar-refractivity contribution in [3.05, 3.63) is 106 Å². The van der Waals surface area contributed by atoms with Gasteiger partial charge in [0.1, 0.15) is 12.3 Å². The molecule has 200 valence electrons. The smallest absolute Gasteiger partial charge is 0.269 e. The minimum atomic E-state index is -0.499. The van der Waals surface area contributed by atoms with Gasteiger partial charge in [0.25, 0.3) is 11.6 Å². The Bertz CT molecular complexity index is 1480. The Morgan fingerprint density at radius 2 is 1.74 bits per heavy atom. The molecule has 2 amide bonds. The number of nitrogens with one attached hydrogen (secondary N) is 1. The molecule has 0 saturated heterocycles. The van der Waals surface area contributed by atoms with Crippen molar-refractivity contribution >= 4 is 28.4 Å². The summed E-state index contributed by atoms with van der Waals surface area (Å²) in [5.74, 6) is 0.304. The van der Waals surface area contributed by atoms with Crippen molar-refractivity contribution in [2.75, 3.05) is 20.2 Å². The second kappa shape index (κ2) is 11.4. The molecule has 1 fully saturated rings. The Morgan fingerprint density at radius 1 is 1.03 bits per heavy atom. The second-order valence-electron chi connectivity index (χ2n) is 9.74. The van der Waals surface area contributed by atoms with Crippen molar-refractivity contribution in [3.8, 4) is 5.75 Å². The number of aromatic amines is 1. The first-order valence-electron chi connectivity index (χ1n) is 12.9. The summed E-state index contributed by atoms with van der Waals surface area (Å²) in [7, 11) is 1.61. The highest BCUT2D eigenvalue weighted by atomic mass is 16.6. The van der Waals surface area contributed by atoms with E-state index in [4.69, 9.17) is 4.74 Å². The van der Waals surface area contributed by atoms with Crippen LogP contribution < -0.4 is 4.74 Å². The molecule has 9 heteroatoms. The lowest BCUT2D eigenvalue weighted by atomic mass is 10.1. The Labute approximate surface area is 226 Å². The van der Waals surface area contributed by atoms with Gasteiger partial charge in [0, 0.05) is 53.9 Å². The fourth-order valence-electron chi connectivity index (χ4n) is 4.73. The van der Waals surface area contributed by atoms with Gasteiger partial charge in [-0.3, -0.25) is 19.7 Å². The van der Waals surface area contributed by atoms with Crippen LogP contribution in [0.1, 0.15) is 34.3 Å². The van der Waals surface area contributed by atoms with E-state index in [2.05, 4.69) is 11.1 Å². The number of benzene rings is 3. The number of para-hydroxylation sites is 1. The summed E-state index contributed by atoms with van der Waals surface area (Å²) in [6, 6.07) is 21.2. The summed E-state index contributed by atoms with van der Waals surface area (Å²) >= 11 is 0. The number of aromatic nitrogens is 1. The molecule has 1 heterocycles. The van der Waals surface area contributed by atoms with E-state index < -0.39 is 4.92 Å². The number of methoxy groups -OCH3 is 1. The van der Waals surface area contributed by atoms with Crippen LogP contribution in [-0.2, 0) is 17.8 Å². The first kappa shape index (κ1) is 26.0. The van der Waals surface area contributed by atoms with Gasteiger partial charge in [-0.2, -0.15) is 0 Å². The van der Waals surface area contributed by atoms with Gasteiger partial charge in [0.15, 0.2) is 0 Å². The highest BCUT2D eigenvalue weighted by Crippen LogP contribution is 2.29. The molecule has 0 aliphatic heterocycles. The molecule has 0 radical (unpaired) electrons. The van der Waals surface area contributed by atoms with E-state index in [0.29, 0.717) is 25.1 Å². The number of hydrogen-bond acceptors (Lipinski definition) is 5. The largest absolute Gasteiger partial charge is 0.497 e. The van der Waals surface area contributed by atoms with Crippen molar-refractivity contribution in [3.63, 3.8) is 0 Å². The number of hydrogen-bond donors (Lipinski definition) is 1. The molecular formula is C30H30N4O5. The number of carbonyl (C=O) groups is 2. The standard InChI is InChI=1S/C30H30N4O5/c1-39-26-14-6-21(7-15-26)19-32(17-16-23-18-31-28-5-3-2-4-27(23)28)29(35)20-33(24-12-13-24)30(36)22-8-10-25(11-9-22)34(37)38/h2-11,14-15,18,24,31H,12-13,16-17,19-20H2,1H3. The topological polar surface area (TPSA) is 109 Å². The number of fused-ring (bicyclic) bond motifs is 1. The molecule has 1 saturated carbocycles. The summed E-state index contributed by atoms with van der Waals surface area (Å²) in [5, 5.41) is 12.1. The molecule has 1 aromatic heterocycles. The van der Waals surface area contributed by atoms with E-state index in [1.807, 2.05) is 48.7 Å². The van der Waals surface area contributed by atoms with Crippen molar-refractivity contribution < 1.29 is 19.2 Å². The molecule has 1 aliphatic rings. The van der Waals surface area contributed by atoms with Gasteiger partial charge in [-0.1, -0.05) is 30.3 Å². The molecular weight excluding hydrogens is 496 g/mol. The van der Waals surface area contributed by atoms with Crippen LogP contribution in [0.15, 0.2) is 79.0 Å². The van der Waals surface area contributed by atoms with E-state index in [1.165, 1.54) is 24.3 Å². The minimum absolute atomic E-state index is 0.00639. The highest BCUT2D eigenvalue weighted by Gasteiger charge is 2.35. The fraction of sp³-hybridized carbons (Fsp3) is 0.267. The number of amides is 2. The van der Waals surface area contributed by atoms with Gasteiger partial charge >= 0.3 is 0 Å². The lowest BCUT2D eigenvalue weighted by Crippen LogP contribution is -2.44. The van der Waals surface area contributed by atoms with Crippen LogP contribution in [0.4, 0.5) is 5.69 Å². The normalized spacial score (nSPS) is 12.7. The summed E-state index contributed by atoms with van der Waals surface area (Å²) in [4.78, 5) is 44.3. The summed E-state index contributed by atoms with van der Waals surface area (Å²) in [6.07, 6.45) is 4.31. The van der Waals surface area contributed by atoms with Crippen molar-refractivity contribution in [1.29, 1.82) is 0 Å². The molecule has 5 rings (SSSR count). The number of carbonyl (C=O) groups excluding carboxylic acids is 2. The van der Waals surface area contributed by atoms with Crippen LogP contribution in [-0.4, -0.2) is 57.8 Å². The molecule has 1 aliphatic carbocycles. The number of ether oxygens (including phenoxy) is 1. The molecule has 4 aromatic rings. The zero-order valence-corrected chi connectivity index (χ0v) is 21.7. The molecule has 0 bridgehead atoms. The van der Waals surface area contributed by atoms with Crippen LogP contribution in [0.3, 0.4) is 0 Å². The van der Waals surface area contributed by atoms with Crippen molar-refractivity contribution in [2.45, 2.75) is 31.8 Å². The Balaban J connectivity index is 1.34. The molecule has 39 heavy (non-hydrogen) atoms. The average Bonchev–Trinajstić information content (AvgIpc) is 3.73. The van der Waals surface area contributed by atoms with E-state index in [1.54, 1.807) is 16.9 Å². The molecule has 3 aromatic carbocycles. The fourth-order valence-corrected chi connectivity index (χ4v) is 4.73. The maximum Gasteiger partial charge on any atom is 0.269 e. The third-order valence-corrected chi connectivity index (χ3v) is 7.09. The van der Waals surface area contributed by atoms with Crippen LogP contribution in [0.2, 0.25) is 0 Å². The van der Waals surface area contributed by atoms with E-state index in [0.717, 1.165) is 40.6 Å². The Hall–Kier alpha value is -4.66. The van der Waals surface area contributed by atoms with E-state index in [9.17, 15) is 19.7 Å². The first-order valence-corrected chi connectivity index (χ1v) is 12.9. The van der Waals surface area contributed by atoms with Crippen LogP contribution in [0.25, 0.3) is 10.9 Å². The summed E-state index contributed by atoms with van der Waals surface area (Å²) < 4.78 is 5.27. The number of nitrogens with zero attached hydrogens (tertiary/aromatic N) is 3. The number of nitro groups is 1. The zero-order valence-electron chi connectivity index (χ0n) is 21.7. The lowest BCUT2D eigenvalue weighted by Gasteiger charge is -2.28. The van der Waals surface area contributed by atoms with Crippen LogP contribution in [0, 0.1) is 10.1 Å². The van der Waals surface area contributed by atoms with Gasteiger partial charge in [-0.15, -0.1) is 0 Å². The number of nitro benzene ring substituents is 1. The van der Waals surface area contributed by atoms with E-state index >= 15 is 0 Å². The van der Waals surface area contributed by atoms with Gasteiger partial charge < -0.3 is 19.5 Å². The second-order valence-corrected chi connectivity index (χ2v) is 9.74.